The van der Waals surface area contributed by atoms with Crippen LogP contribution in [0, 0.1) is 5.92 Å². The van der Waals surface area contributed by atoms with Gasteiger partial charge >= 0.3 is 6.09 Å². The molecule has 4 heteroatoms. The summed E-state index contributed by atoms with van der Waals surface area (Å²) in [5, 5.41) is 0. The molecule has 0 bridgehead atoms. The first-order valence-corrected chi connectivity index (χ1v) is 8.65. The zero-order valence-electron chi connectivity index (χ0n) is 14.4. The third-order valence-electron chi connectivity index (χ3n) is 5.00. The molecule has 1 amide bonds. The third kappa shape index (κ3) is 3.69. The lowest BCUT2D eigenvalue weighted by atomic mass is 9.73. The van der Waals surface area contributed by atoms with Crippen molar-refractivity contribution in [3.05, 3.63) is 35.4 Å². The van der Waals surface area contributed by atoms with Crippen molar-refractivity contribution in [1.82, 2.24) is 4.90 Å². The molecule has 1 aromatic carbocycles. The molecule has 1 heterocycles. The standard InChI is InChI=1S/C19H28N2O2/c1-19(2,3)23-18(22)21-9-8-14(12-21)17(20)11-15-10-13-6-4-5-7-16(13)15/h4-7,14-15,17H,8-12,20H2,1-3H3. The second-order valence-electron chi connectivity index (χ2n) is 7.97. The van der Waals surface area contributed by atoms with Crippen LogP contribution in [0.5, 0.6) is 0 Å². The fourth-order valence-electron chi connectivity index (χ4n) is 3.72. The minimum absolute atomic E-state index is 0.154. The molecule has 1 aromatic rings. The van der Waals surface area contributed by atoms with Crippen LogP contribution in [0.4, 0.5) is 4.79 Å². The highest BCUT2D eigenvalue weighted by Gasteiger charge is 2.35. The Balaban J connectivity index is 1.50. The summed E-state index contributed by atoms with van der Waals surface area (Å²) < 4.78 is 5.46. The van der Waals surface area contributed by atoms with Gasteiger partial charge in [0.15, 0.2) is 0 Å². The van der Waals surface area contributed by atoms with Crippen molar-refractivity contribution in [2.45, 2.75) is 57.6 Å². The van der Waals surface area contributed by atoms with Crippen LogP contribution in [0.3, 0.4) is 0 Å². The van der Waals surface area contributed by atoms with E-state index >= 15 is 0 Å². The van der Waals surface area contributed by atoms with Crippen molar-refractivity contribution in [2.75, 3.05) is 13.1 Å². The van der Waals surface area contributed by atoms with Crippen LogP contribution in [0.25, 0.3) is 0 Å². The highest BCUT2D eigenvalue weighted by atomic mass is 16.6. The average Bonchev–Trinajstić information content (AvgIpc) is 2.93. The zero-order valence-corrected chi connectivity index (χ0v) is 14.4. The molecule has 1 aliphatic heterocycles. The minimum atomic E-state index is -0.438. The zero-order chi connectivity index (χ0) is 16.6. The first kappa shape index (κ1) is 16.3. The Morgan fingerprint density at radius 1 is 1.39 bits per heavy atom. The number of rotatable bonds is 3. The maximum absolute atomic E-state index is 12.1. The molecular weight excluding hydrogens is 288 g/mol. The summed E-state index contributed by atoms with van der Waals surface area (Å²) in [5.41, 5.74) is 8.95. The van der Waals surface area contributed by atoms with Crippen molar-refractivity contribution in [3.8, 4) is 0 Å². The molecular formula is C19H28N2O2. The van der Waals surface area contributed by atoms with Crippen LogP contribution in [0.2, 0.25) is 0 Å². The Kier molecular flexibility index (Phi) is 4.37. The van der Waals surface area contributed by atoms with Gasteiger partial charge in [0.25, 0.3) is 0 Å². The molecule has 3 atom stereocenters. The van der Waals surface area contributed by atoms with Crippen molar-refractivity contribution < 1.29 is 9.53 Å². The van der Waals surface area contributed by atoms with E-state index in [2.05, 4.69) is 24.3 Å². The van der Waals surface area contributed by atoms with Crippen molar-refractivity contribution in [1.29, 1.82) is 0 Å². The smallest absolute Gasteiger partial charge is 0.410 e. The molecule has 23 heavy (non-hydrogen) atoms. The van der Waals surface area contributed by atoms with E-state index in [9.17, 15) is 4.79 Å². The average molecular weight is 316 g/mol. The molecule has 0 spiro atoms. The maximum Gasteiger partial charge on any atom is 0.410 e. The van der Waals surface area contributed by atoms with E-state index in [4.69, 9.17) is 10.5 Å². The molecule has 1 aliphatic carbocycles. The van der Waals surface area contributed by atoms with Crippen LogP contribution >= 0.6 is 0 Å². The molecule has 126 valence electrons. The highest BCUT2D eigenvalue weighted by Crippen LogP contribution is 2.39. The number of benzene rings is 1. The van der Waals surface area contributed by atoms with E-state index in [0.717, 1.165) is 32.4 Å². The topological polar surface area (TPSA) is 55.6 Å². The van der Waals surface area contributed by atoms with E-state index in [0.29, 0.717) is 11.8 Å². The van der Waals surface area contributed by atoms with Gasteiger partial charge in [-0.25, -0.2) is 4.79 Å². The summed E-state index contributed by atoms with van der Waals surface area (Å²) >= 11 is 0. The molecule has 3 rings (SSSR count). The van der Waals surface area contributed by atoms with Crippen LogP contribution in [0.15, 0.2) is 24.3 Å². The van der Waals surface area contributed by atoms with Gasteiger partial charge in [0, 0.05) is 19.1 Å². The van der Waals surface area contributed by atoms with Gasteiger partial charge in [-0.3, -0.25) is 0 Å². The Bertz CT molecular complexity index is 579. The number of fused-ring (bicyclic) bond motifs is 1. The Labute approximate surface area is 139 Å². The lowest BCUT2D eigenvalue weighted by molar-refractivity contribution is 0.0286. The molecule has 1 fully saturated rings. The van der Waals surface area contributed by atoms with E-state index in [1.165, 1.54) is 11.1 Å². The third-order valence-corrected chi connectivity index (χ3v) is 5.00. The second-order valence-corrected chi connectivity index (χ2v) is 7.97. The molecule has 0 aromatic heterocycles. The van der Waals surface area contributed by atoms with E-state index in [1.54, 1.807) is 0 Å². The Morgan fingerprint density at radius 3 is 2.83 bits per heavy atom. The number of likely N-dealkylation sites (tertiary alicyclic amines) is 1. The van der Waals surface area contributed by atoms with Crippen LogP contribution < -0.4 is 5.73 Å². The van der Waals surface area contributed by atoms with Crippen molar-refractivity contribution in [3.63, 3.8) is 0 Å². The monoisotopic (exact) mass is 316 g/mol. The maximum atomic E-state index is 12.1. The number of nitrogens with two attached hydrogens (primary N) is 1. The minimum Gasteiger partial charge on any atom is -0.444 e. The molecule has 1 saturated heterocycles. The Morgan fingerprint density at radius 2 is 2.13 bits per heavy atom. The number of nitrogens with zero attached hydrogens (tertiary/aromatic N) is 1. The van der Waals surface area contributed by atoms with Crippen molar-refractivity contribution in [2.24, 2.45) is 11.7 Å². The van der Waals surface area contributed by atoms with Gasteiger partial charge in [0.2, 0.25) is 0 Å². The summed E-state index contributed by atoms with van der Waals surface area (Å²) in [5.74, 6) is 0.979. The van der Waals surface area contributed by atoms with Crippen LogP contribution in [-0.2, 0) is 11.2 Å². The summed E-state index contributed by atoms with van der Waals surface area (Å²) in [6.45, 7) is 7.19. The largest absolute Gasteiger partial charge is 0.444 e. The normalized spacial score (nSPS) is 24.8. The fraction of sp³-hybridized carbons (Fsp3) is 0.632. The van der Waals surface area contributed by atoms with Gasteiger partial charge in [-0.15, -0.1) is 0 Å². The van der Waals surface area contributed by atoms with E-state index in [-0.39, 0.29) is 12.1 Å². The summed E-state index contributed by atoms with van der Waals surface area (Å²) in [7, 11) is 0. The highest BCUT2D eigenvalue weighted by molar-refractivity contribution is 5.68. The molecule has 2 N–H and O–H groups in total. The van der Waals surface area contributed by atoms with Gasteiger partial charge < -0.3 is 15.4 Å². The molecule has 0 saturated carbocycles. The summed E-state index contributed by atoms with van der Waals surface area (Å²) in [6, 6.07) is 8.79. The quantitative estimate of drug-likeness (QED) is 0.931. The van der Waals surface area contributed by atoms with Crippen LogP contribution in [0.1, 0.15) is 50.7 Å². The van der Waals surface area contributed by atoms with Crippen LogP contribution in [-0.4, -0.2) is 35.7 Å². The predicted molar refractivity (Wildman–Crippen MR) is 91.4 cm³/mol. The fourth-order valence-corrected chi connectivity index (χ4v) is 3.72. The number of hydrogen-bond acceptors (Lipinski definition) is 3. The number of carbonyl (C=O) groups is 1. The number of amides is 1. The van der Waals surface area contributed by atoms with Gasteiger partial charge in [0.05, 0.1) is 0 Å². The predicted octanol–water partition coefficient (Wildman–Crippen LogP) is 3.30. The second kappa shape index (κ2) is 6.16. The first-order chi connectivity index (χ1) is 10.8. The Hall–Kier alpha value is -1.55. The first-order valence-electron chi connectivity index (χ1n) is 8.65. The number of ether oxygens (including phenoxy) is 1. The number of hydrogen-bond donors (Lipinski definition) is 1. The SMILES string of the molecule is CC(C)(C)OC(=O)N1CCC(C(N)CC2Cc3ccccc32)C1. The summed E-state index contributed by atoms with van der Waals surface area (Å²) in [4.78, 5) is 14.0. The van der Waals surface area contributed by atoms with Gasteiger partial charge in [-0.05, 0) is 63.0 Å². The number of carbonyl (C=O) groups excluding carboxylic acids is 1. The lowest BCUT2D eigenvalue weighted by Crippen LogP contribution is -2.39. The van der Waals surface area contributed by atoms with E-state index in [1.807, 2.05) is 25.7 Å². The molecule has 0 radical (unpaired) electrons. The van der Waals surface area contributed by atoms with E-state index < -0.39 is 5.60 Å². The molecule has 3 unspecified atom stereocenters. The lowest BCUT2D eigenvalue weighted by Gasteiger charge is -2.33. The summed E-state index contributed by atoms with van der Waals surface area (Å²) in [6.07, 6.45) is 2.94. The van der Waals surface area contributed by atoms with Crippen molar-refractivity contribution >= 4 is 6.09 Å². The molecule has 4 nitrogen and oxygen atoms in total. The molecule has 2 aliphatic rings. The van der Waals surface area contributed by atoms with Gasteiger partial charge in [-0.2, -0.15) is 0 Å². The van der Waals surface area contributed by atoms with Gasteiger partial charge in [-0.1, -0.05) is 24.3 Å². The van der Waals surface area contributed by atoms with Gasteiger partial charge in [0.1, 0.15) is 5.60 Å².